The van der Waals surface area contributed by atoms with Crippen molar-refractivity contribution >= 4 is 11.6 Å². The zero-order chi connectivity index (χ0) is 19.2. The zero-order valence-electron chi connectivity index (χ0n) is 14.2. The molecule has 1 unspecified atom stereocenters. The topological polar surface area (TPSA) is 56.8 Å². The zero-order valence-corrected chi connectivity index (χ0v) is 14.2. The summed E-state index contributed by atoms with van der Waals surface area (Å²) in [6.45, 7) is 1.79. The SMILES string of the molecule is CCC(Oc1ccc(OC)cc1)C(=O)Nc1ccc(OC(F)(F)F)cc1. The highest BCUT2D eigenvalue weighted by molar-refractivity contribution is 5.94. The molecule has 0 radical (unpaired) electrons. The largest absolute Gasteiger partial charge is 0.573 e. The van der Waals surface area contributed by atoms with Gasteiger partial charge in [0.15, 0.2) is 6.10 Å². The molecule has 26 heavy (non-hydrogen) atoms. The molecule has 5 nitrogen and oxygen atoms in total. The van der Waals surface area contributed by atoms with Crippen molar-refractivity contribution in [3.8, 4) is 17.2 Å². The summed E-state index contributed by atoms with van der Waals surface area (Å²) in [5.41, 5.74) is 0.335. The number of carbonyl (C=O) groups excluding carboxylic acids is 1. The molecule has 8 heteroatoms. The van der Waals surface area contributed by atoms with Gasteiger partial charge >= 0.3 is 6.36 Å². The number of amides is 1. The molecular weight excluding hydrogens is 351 g/mol. The monoisotopic (exact) mass is 369 g/mol. The van der Waals surface area contributed by atoms with E-state index in [0.717, 1.165) is 12.1 Å². The van der Waals surface area contributed by atoms with Gasteiger partial charge in [0.25, 0.3) is 5.91 Å². The first kappa shape index (κ1) is 19.4. The fraction of sp³-hybridized carbons (Fsp3) is 0.278. The second-order valence-electron chi connectivity index (χ2n) is 5.25. The number of halogens is 3. The van der Waals surface area contributed by atoms with Gasteiger partial charge in [-0.3, -0.25) is 4.79 Å². The van der Waals surface area contributed by atoms with Gasteiger partial charge in [-0.1, -0.05) is 6.92 Å². The number of methoxy groups -OCH3 is 1. The van der Waals surface area contributed by atoms with Crippen LogP contribution in [0.3, 0.4) is 0 Å². The van der Waals surface area contributed by atoms with Crippen molar-refractivity contribution in [2.45, 2.75) is 25.8 Å². The molecule has 0 fully saturated rings. The van der Waals surface area contributed by atoms with Gasteiger partial charge in [0.05, 0.1) is 7.11 Å². The highest BCUT2D eigenvalue weighted by Crippen LogP contribution is 2.24. The van der Waals surface area contributed by atoms with Crippen LogP contribution in [0, 0.1) is 0 Å². The molecule has 1 N–H and O–H groups in total. The van der Waals surface area contributed by atoms with Crippen LogP contribution in [-0.2, 0) is 4.79 Å². The van der Waals surface area contributed by atoms with Gasteiger partial charge in [0.1, 0.15) is 17.2 Å². The van der Waals surface area contributed by atoms with E-state index < -0.39 is 18.4 Å². The fourth-order valence-corrected chi connectivity index (χ4v) is 2.10. The molecule has 0 heterocycles. The summed E-state index contributed by atoms with van der Waals surface area (Å²) in [4.78, 5) is 12.3. The Kier molecular flexibility index (Phi) is 6.32. The van der Waals surface area contributed by atoms with Crippen molar-refractivity contribution < 1.29 is 32.2 Å². The van der Waals surface area contributed by atoms with Crippen LogP contribution < -0.4 is 19.5 Å². The first-order chi connectivity index (χ1) is 12.3. The molecule has 2 aromatic carbocycles. The van der Waals surface area contributed by atoms with Gasteiger partial charge in [0, 0.05) is 5.69 Å². The molecular formula is C18H18F3NO4. The average molecular weight is 369 g/mol. The molecule has 1 atom stereocenters. The molecule has 140 valence electrons. The first-order valence-electron chi connectivity index (χ1n) is 7.78. The Morgan fingerprint density at radius 3 is 2.04 bits per heavy atom. The number of hydrogen-bond acceptors (Lipinski definition) is 4. The first-order valence-corrected chi connectivity index (χ1v) is 7.78. The lowest BCUT2D eigenvalue weighted by atomic mass is 10.2. The number of hydrogen-bond donors (Lipinski definition) is 1. The Labute approximate surface area is 148 Å². The van der Waals surface area contributed by atoms with Gasteiger partial charge in [-0.15, -0.1) is 13.2 Å². The van der Waals surface area contributed by atoms with Crippen LogP contribution in [0.25, 0.3) is 0 Å². The van der Waals surface area contributed by atoms with Crippen molar-refractivity contribution in [3.05, 3.63) is 48.5 Å². The molecule has 0 aromatic heterocycles. The number of alkyl halides is 3. The van der Waals surface area contributed by atoms with E-state index in [1.54, 1.807) is 38.3 Å². The molecule has 0 spiro atoms. The number of ether oxygens (including phenoxy) is 3. The van der Waals surface area contributed by atoms with Crippen LogP contribution in [0.2, 0.25) is 0 Å². The lowest BCUT2D eigenvalue weighted by Crippen LogP contribution is -2.32. The van der Waals surface area contributed by atoms with Crippen LogP contribution in [0.4, 0.5) is 18.9 Å². The lowest BCUT2D eigenvalue weighted by molar-refractivity contribution is -0.274. The molecule has 0 aliphatic heterocycles. The summed E-state index contributed by atoms with van der Waals surface area (Å²) >= 11 is 0. The van der Waals surface area contributed by atoms with E-state index in [1.165, 1.54) is 12.1 Å². The van der Waals surface area contributed by atoms with E-state index in [9.17, 15) is 18.0 Å². The van der Waals surface area contributed by atoms with E-state index in [0.29, 0.717) is 23.6 Å². The second kappa shape index (κ2) is 8.46. The molecule has 0 saturated heterocycles. The van der Waals surface area contributed by atoms with Crippen molar-refractivity contribution in [3.63, 3.8) is 0 Å². The van der Waals surface area contributed by atoms with Crippen LogP contribution in [0.5, 0.6) is 17.2 Å². The summed E-state index contributed by atoms with van der Waals surface area (Å²) in [5, 5.41) is 2.60. The van der Waals surface area contributed by atoms with Crippen molar-refractivity contribution in [1.82, 2.24) is 0 Å². The maximum atomic E-state index is 12.3. The third kappa shape index (κ3) is 5.87. The van der Waals surface area contributed by atoms with Crippen molar-refractivity contribution in [2.24, 2.45) is 0 Å². The highest BCUT2D eigenvalue weighted by atomic mass is 19.4. The van der Waals surface area contributed by atoms with Crippen molar-refractivity contribution in [1.29, 1.82) is 0 Å². The molecule has 0 aliphatic rings. The number of anilines is 1. The van der Waals surface area contributed by atoms with E-state index in [1.807, 2.05) is 0 Å². The third-order valence-corrected chi connectivity index (χ3v) is 3.36. The minimum Gasteiger partial charge on any atom is -0.497 e. The molecule has 1 amide bonds. The van der Waals surface area contributed by atoms with Crippen LogP contribution in [0.15, 0.2) is 48.5 Å². The summed E-state index contributed by atoms with van der Waals surface area (Å²) in [6.07, 6.45) is -5.10. The normalized spacial score (nSPS) is 12.2. The standard InChI is InChI=1S/C18H18F3NO4/c1-3-16(25-14-10-8-13(24-2)9-11-14)17(23)22-12-4-6-15(7-5-12)26-18(19,20)21/h4-11,16H,3H2,1-2H3,(H,22,23). The average Bonchev–Trinajstić information content (AvgIpc) is 2.60. The van der Waals surface area contributed by atoms with Gasteiger partial charge < -0.3 is 19.5 Å². The Bertz CT molecular complexity index is 715. The van der Waals surface area contributed by atoms with E-state index >= 15 is 0 Å². The maximum absolute atomic E-state index is 12.3. The summed E-state index contributed by atoms with van der Waals surface area (Å²) < 4.78 is 50.9. The number of nitrogens with one attached hydrogen (secondary N) is 1. The van der Waals surface area contributed by atoms with E-state index in [2.05, 4.69) is 10.1 Å². The number of benzene rings is 2. The molecule has 0 aliphatic carbocycles. The summed E-state index contributed by atoms with van der Waals surface area (Å²) in [6, 6.07) is 11.6. The lowest BCUT2D eigenvalue weighted by Gasteiger charge is -2.17. The molecule has 0 saturated carbocycles. The van der Waals surface area contributed by atoms with E-state index in [4.69, 9.17) is 9.47 Å². The smallest absolute Gasteiger partial charge is 0.497 e. The molecule has 0 bridgehead atoms. The minimum atomic E-state index is -4.76. The minimum absolute atomic E-state index is 0.335. The van der Waals surface area contributed by atoms with Gasteiger partial charge in [-0.25, -0.2) is 0 Å². The molecule has 2 aromatic rings. The second-order valence-corrected chi connectivity index (χ2v) is 5.25. The third-order valence-electron chi connectivity index (χ3n) is 3.36. The van der Waals surface area contributed by atoms with Crippen LogP contribution in [-0.4, -0.2) is 25.5 Å². The summed E-state index contributed by atoms with van der Waals surface area (Å²) in [5.74, 6) is 0.391. The van der Waals surface area contributed by atoms with Gasteiger partial charge in [-0.2, -0.15) is 0 Å². The Morgan fingerprint density at radius 2 is 1.54 bits per heavy atom. The number of rotatable bonds is 7. The Balaban J connectivity index is 1.97. The maximum Gasteiger partial charge on any atom is 0.573 e. The van der Waals surface area contributed by atoms with Crippen LogP contribution >= 0.6 is 0 Å². The fourth-order valence-electron chi connectivity index (χ4n) is 2.10. The van der Waals surface area contributed by atoms with Crippen molar-refractivity contribution in [2.75, 3.05) is 12.4 Å². The Hall–Kier alpha value is -2.90. The summed E-state index contributed by atoms with van der Waals surface area (Å²) in [7, 11) is 1.54. The van der Waals surface area contributed by atoms with Gasteiger partial charge in [0.2, 0.25) is 0 Å². The Morgan fingerprint density at radius 1 is 1.00 bits per heavy atom. The predicted molar refractivity (Wildman–Crippen MR) is 89.5 cm³/mol. The predicted octanol–water partition coefficient (Wildman–Crippen LogP) is 4.39. The van der Waals surface area contributed by atoms with Crippen LogP contribution in [0.1, 0.15) is 13.3 Å². The van der Waals surface area contributed by atoms with E-state index in [-0.39, 0.29) is 5.75 Å². The number of carbonyl (C=O) groups is 1. The van der Waals surface area contributed by atoms with Gasteiger partial charge in [-0.05, 0) is 55.0 Å². The molecule has 2 rings (SSSR count). The highest BCUT2D eigenvalue weighted by Gasteiger charge is 2.31. The quantitative estimate of drug-likeness (QED) is 0.786.